The van der Waals surface area contributed by atoms with Crippen LogP contribution < -0.4 is 5.73 Å². The van der Waals surface area contributed by atoms with Crippen molar-refractivity contribution in [2.24, 2.45) is 16.6 Å². The second kappa shape index (κ2) is 4.31. The Hall–Kier alpha value is -1.90. The van der Waals surface area contributed by atoms with Crippen LogP contribution in [0.1, 0.15) is 13.8 Å². The molecule has 82 valence electrons. The summed E-state index contributed by atoms with van der Waals surface area (Å²) in [6.07, 6.45) is 1.75. The first-order valence-electron chi connectivity index (χ1n) is 5.35. The van der Waals surface area contributed by atoms with E-state index in [4.69, 9.17) is 5.73 Å². The van der Waals surface area contributed by atoms with Crippen LogP contribution in [0.4, 0.5) is 5.69 Å². The molecule has 3 nitrogen and oxygen atoms in total. The van der Waals surface area contributed by atoms with Crippen LogP contribution in [0.15, 0.2) is 41.5 Å². The Morgan fingerprint density at radius 3 is 2.81 bits per heavy atom. The lowest BCUT2D eigenvalue weighted by Gasteiger charge is -2.04. The van der Waals surface area contributed by atoms with Gasteiger partial charge >= 0.3 is 0 Å². The van der Waals surface area contributed by atoms with Crippen molar-refractivity contribution in [1.82, 2.24) is 4.98 Å². The zero-order valence-electron chi connectivity index (χ0n) is 9.51. The molecule has 0 saturated heterocycles. The highest BCUT2D eigenvalue weighted by Gasteiger charge is 2.00. The zero-order chi connectivity index (χ0) is 11.5. The monoisotopic (exact) mass is 213 g/mol. The number of fused-ring (bicyclic) bond motifs is 1. The Bertz CT molecular complexity index is 529. The van der Waals surface area contributed by atoms with Gasteiger partial charge < -0.3 is 5.73 Å². The SMILES string of the molecule is CC(C)C(N)=Nc1cnc2ccccc2c1. The summed E-state index contributed by atoms with van der Waals surface area (Å²) in [7, 11) is 0. The normalized spacial score (nSPS) is 12.3. The quantitative estimate of drug-likeness (QED) is 0.616. The first-order chi connectivity index (χ1) is 7.66. The molecule has 0 atom stereocenters. The number of hydrogen-bond acceptors (Lipinski definition) is 2. The fraction of sp³-hybridized carbons (Fsp3) is 0.231. The smallest absolute Gasteiger partial charge is 0.102 e. The lowest BCUT2D eigenvalue weighted by molar-refractivity contribution is 0.873. The number of aliphatic imine (C=N–C) groups is 1. The Labute approximate surface area is 95.0 Å². The molecule has 1 aromatic carbocycles. The Balaban J connectivity index is 2.44. The summed E-state index contributed by atoms with van der Waals surface area (Å²) in [5.74, 6) is 0.892. The van der Waals surface area contributed by atoms with E-state index in [0.29, 0.717) is 5.84 Å². The van der Waals surface area contributed by atoms with Crippen molar-refractivity contribution in [1.29, 1.82) is 0 Å². The maximum Gasteiger partial charge on any atom is 0.102 e. The molecule has 1 heterocycles. The molecule has 0 fully saturated rings. The molecule has 1 aromatic heterocycles. The summed E-state index contributed by atoms with van der Waals surface area (Å²) in [4.78, 5) is 8.67. The van der Waals surface area contributed by atoms with Gasteiger partial charge in [-0.2, -0.15) is 0 Å². The van der Waals surface area contributed by atoms with E-state index in [2.05, 4.69) is 9.98 Å². The van der Waals surface area contributed by atoms with Crippen molar-refractivity contribution in [3.63, 3.8) is 0 Å². The van der Waals surface area contributed by atoms with E-state index in [1.54, 1.807) is 6.20 Å². The highest BCUT2D eigenvalue weighted by atomic mass is 14.9. The van der Waals surface area contributed by atoms with E-state index in [-0.39, 0.29) is 5.92 Å². The van der Waals surface area contributed by atoms with Crippen LogP contribution in [-0.4, -0.2) is 10.8 Å². The van der Waals surface area contributed by atoms with Gasteiger partial charge in [-0.1, -0.05) is 32.0 Å². The zero-order valence-corrected chi connectivity index (χ0v) is 9.51. The Morgan fingerprint density at radius 2 is 2.06 bits per heavy atom. The Kier molecular flexibility index (Phi) is 2.86. The van der Waals surface area contributed by atoms with Gasteiger partial charge in [0, 0.05) is 11.3 Å². The fourth-order valence-corrected chi connectivity index (χ4v) is 1.40. The van der Waals surface area contributed by atoms with E-state index < -0.39 is 0 Å². The maximum absolute atomic E-state index is 5.81. The van der Waals surface area contributed by atoms with Gasteiger partial charge in [0.2, 0.25) is 0 Å². The summed E-state index contributed by atoms with van der Waals surface area (Å²) < 4.78 is 0. The number of rotatable bonds is 2. The molecule has 16 heavy (non-hydrogen) atoms. The molecule has 2 rings (SSSR count). The molecule has 2 aromatic rings. The van der Waals surface area contributed by atoms with E-state index in [1.165, 1.54) is 0 Å². The molecular formula is C13H15N3. The first-order valence-corrected chi connectivity index (χ1v) is 5.35. The number of pyridine rings is 1. The highest BCUT2D eigenvalue weighted by Crippen LogP contribution is 2.18. The van der Waals surface area contributed by atoms with Crippen LogP contribution >= 0.6 is 0 Å². The van der Waals surface area contributed by atoms with Crippen LogP contribution in [0.3, 0.4) is 0 Å². The average Bonchev–Trinajstić information content (AvgIpc) is 2.28. The van der Waals surface area contributed by atoms with Gasteiger partial charge in [-0.25, -0.2) is 4.99 Å². The summed E-state index contributed by atoms with van der Waals surface area (Å²) >= 11 is 0. The first kappa shape index (κ1) is 10.6. The number of nitrogens with two attached hydrogens (primary N) is 1. The minimum atomic E-state index is 0.256. The molecule has 2 N–H and O–H groups in total. The van der Waals surface area contributed by atoms with Crippen LogP contribution in [0.5, 0.6) is 0 Å². The highest BCUT2D eigenvalue weighted by molar-refractivity contribution is 5.87. The number of benzene rings is 1. The number of para-hydroxylation sites is 1. The molecule has 0 amide bonds. The minimum absolute atomic E-state index is 0.256. The van der Waals surface area contributed by atoms with Gasteiger partial charge in [-0.3, -0.25) is 4.98 Å². The number of nitrogens with zero attached hydrogens (tertiary/aromatic N) is 2. The average molecular weight is 213 g/mol. The van der Waals surface area contributed by atoms with Gasteiger partial charge in [0.15, 0.2) is 0 Å². The van der Waals surface area contributed by atoms with Gasteiger partial charge in [0.05, 0.1) is 17.4 Å². The lowest BCUT2D eigenvalue weighted by atomic mass is 10.2. The molecule has 0 bridgehead atoms. The number of amidine groups is 1. The molecular weight excluding hydrogens is 198 g/mol. The van der Waals surface area contributed by atoms with Crippen molar-refractivity contribution < 1.29 is 0 Å². The van der Waals surface area contributed by atoms with Gasteiger partial charge in [0.25, 0.3) is 0 Å². The summed E-state index contributed by atoms with van der Waals surface area (Å²) in [6.45, 7) is 4.04. The van der Waals surface area contributed by atoms with Crippen molar-refractivity contribution in [2.75, 3.05) is 0 Å². The maximum atomic E-state index is 5.81. The second-order valence-corrected chi connectivity index (χ2v) is 4.08. The number of aromatic nitrogens is 1. The topological polar surface area (TPSA) is 51.3 Å². The molecule has 3 heteroatoms. The lowest BCUT2D eigenvalue weighted by Crippen LogP contribution is -2.18. The van der Waals surface area contributed by atoms with Gasteiger partial charge in [-0.05, 0) is 12.1 Å². The van der Waals surface area contributed by atoms with Crippen LogP contribution in [0.25, 0.3) is 10.9 Å². The summed E-state index contributed by atoms with van der Waals surface area (Å²) in [6, 6.07) is 9.96. The van der Waals surface area contributed by atoms with Crippen molar-refractivity contribution in [3.8, 4) is 0 Å². The summed E-state index contributed by atoms with van der Waals surface area (Å²) in [5, 5.41) is 1.08. The van der Waals surface area contributed by atoms with Crippen molar-refractivity contribution >= 4 is 22.4 Å². The van der Waals surface area contributed by atoms with E-state index in [1.807, 2.05) is 44.2 Å². The molecule has 0 spiro atoms. The van der Waals surface area contributed by atoms with Crippen molar-refractivity contribution in [3.05, 3.63) is 36.5 Å². The van der Waals surface area contributed by atoms with Crippen LogP contribution in [-0.2, 0) is 0 Å². The fourth-order valence-electron chi connectivity index (χ4n) is 1.40. The molecule has 0 unspecified atom stereocenters. The molecule has 0 saturated carbocycles. The second-order valence-electron chi connectivity index (χ2n) is 4.08. The number of hydrogen-bond donors (Lipinski definition) is 1. The third-order valence-electron chi connectivity index (χ3n) is 2.43. The third-order valence-corrected chi connectivity index (χ3v) is 2.43. The molecule has 0 aliphatic carbocycles. The molecule has 0 aliphatic rings. The van der Waals surface area contributed by atoms with Gasteiger partial charge in [0.1, 0.15) is 5.84 Å². The Morgan fingerprint density at radius 1 is 1.31 bits per heavy atom. The predicted octanol–water partition coefficient (Wildman–Crippen LogP) is 2.88. The van der Waals surface area contributed by atoms with E-state index >= 15 is 0 Å². The van der Waals surface area contributed by atoms with Gasteiger partial charge in [-0.15, -0.1) is 0 Å². The standard InChI is InChI=1S/C13H15N3/c1-9(2)13(14)16-11-7-10-5-3-4-6-12(10)15-8-11/h3-9H,1-2H3,(H2,14,16). The third kappa shape index (κ3) is 2.19. The van der Waals surface area contributed by atoms with E-state index in [0.717, 1.165) is 16.6 Å². The summed E-state index contributed by atoms with van der Waals surface area (Å²) in [5.41, 5.74) is 7.60. The largest absolute Gasteiger partial charge is 0.387 e. The van der Waals surface area contributed by atoms with Crippen molar-refractivity contribution in [2.45, 2.75) is 13.8 Å². The van der Waals surface area contributed by atoms with Crippen LogP contribution in [0, 0.1) is 5.92 Å². The predicted molar refractivity (Wildman–Crippen MR) is 67.9 cm³/mol. The van der Waals surface area contributed by atoms with E-state index in [9.17, 15) is 0 Å². The molecule has 0 aliphatic heterocycles. The minimum Gasteiger partial charge on any atom is -0.387 e. The van der Waals surface area contributed by atoms with Crippen LogP contribution in [0.2, 0.25) is 0 Å². The molecule has 0 radical (unpaired) electrons.